The first-order valence-electron chi connectivity index (χ1n) is 4.23. The smallest absolute Gasteiger partial charge is 0.321 e. The predicted molar refractivity (Wildman–Crippen MR) is 53.2 cm³/mol. The van der Waals surface area contributed by atoms with Crippen molar-refractivity contribution >= 4 is 16.8 Å². The molecule has 2 atom stereocenters. The molecule has 0 aliphatic heterocycles. The van der Waals surface area contributed by atoms with Crippen LogP contribution in [-0.2, 0) is 15.6 Å². The van der Waals surface area contributed by atoms with Gasteiger partial charge in [0.2, 0.25) is 0 Å². The van der Waals surface area contributed by atoms with Gasteiger partial charge in [0.1, 0.15) is 17.7 Å². The monoisotopic (exact) mass is 249 g/mol. The summed E-state index contributed by atoms with van der Waals surface area (Å²) in [4.78, 5) is 10.0. The van der Waals surface area contributed by atoms with Gasteiger partial charge in [-0.2, -0.15) is 0 Å². The average Bonchev–Trinajstić information content (AvgIpc) is 2.21. The summed E-state index contributed by atoms with van der Waals surface area (Å²) in [6, 6.07) is 1.10. The lowest BCUT2D eigenvalue weighted by atomic mass is 10.3. The van der Waals surface area contributed by atoms with Gasteiger partial charge in [-0.05, 0) is 18.2 Å². The maximum absolute atomic E-state index is 13.1. The number of rotatable bonds is 4. The lowest BCUT2D eigenvalue weighted by Gasteiger charge is -2.07. The van der Waals surface area contributed by atoms with Crippen molar-refractivity contribution in [2.45, 2.75) is 10.9 Å². The van der Waals surface area contributed by atoms with E-state index >= 15 is 0 Å². The predicted octanol–water partition coefficient (Wildman–Crippen LogP) is 0.484. The van der Waals surface area contributed by atoms with Crippen LogP contribution < -0.4 is 5.73 Å². The Bertz CT molecular complexity index is 439. The highest BCUT2D eigenvalue weighted by Gasteiger charge is 2.19. The fraction of sp³-hybridized carbons (Fsp3) is 0.222. The molecule has 0 aliphatic carbocycles. The third kappa shape index (κ3) is 3.07. The molecule has 0 aliphatic rings. The van der Waals surface area contributed by atoms with Crippen molar-refractivity contribution in [1.29, 1.82) is 0 Å². The maximum atomic E-state index is 13.1. The molecule has 0 saturated heterocycles. The van der Waals surface area contributed by atoms with Crippen molar-refractivity contribution in [2.75, 3.05) is 5.75 Å². The van der Waals surface area contributed by atoms with Crippen molar-refractivity contribution in [2.24, 2.45) is 5.73 Å². The lowest BCUT2D eigenvalue weighted by molar-refractivity contribution is -0.137. The van der Waals surface area contributed by atoms with Crippen molar-refractivity contribution in [3.8, 4) is 0 Å². The van der Waals surface area contributed by atoms with Gasteiger partial charge in [0.05, 0.1) is 21.4 Å². The molecular weight excluding hydrogens is 240 g/mol. The lowest BCUT2D eigenvalue weighted by Crippen LogP contribution is -2.35. The van der Waals surface area contributed by atoms with Crippen LogP contribution >= 0.6 is 0 Å². The van der Waals surface area contributed by atoms with Gasteiger partial charge in [-0.25, -0.2) is 8.78 Å². The largest absolute Gasteiger partial charge is 0.480 e. The van der Waals surface area contributed by atoms with Gasteiger partial charge >= 0.3 is 5.97 Å². The molecule has 16 heavy (non-hydrogen) atoms. The number of carboxylic acids is 1. The molecule has 0 spiro atoms. The van der Waals surface area contributed by atoms with Crippen molar-refractivity contribution in [1.82, 2.24) is 0 Å². The van der Waals surface area contributed by atoms with Crippen LogP contribution in [0.2, 0.25) is 0 Å². The normalized spacial score (nSPS) is 14.4. The summed E-state index contributed by atoms with van der Waals surface area (Å²) >= 11 is 0. The highest BCUT2D eigenvalue weighted by Crippen LogP contribution is 2.14. The van der Waals surface area contributed by atoms with Gasteiger partial charge in [0.25, 0.3) is 0 Å². The van der Waals surface area contributed by atoms with Crippen LogP contribution in [0.4, 0.5) is 8.78 Å². The van der Waals surface area contributed by atoms with Crippen LogP contribution in [0, 0.1) is 11.6 Å². The summed E-state index contributed by atoms with van der Waals surface area (Å²) < 4.78 is 37.4. The summed E-state index contributed by atoms with van der Waals surface area (Å²) in [6.45, 7) is 0. The Morgan fingerprint density at radius 1 is 1.50 bits per heavy atom. The first kappa shape index (κ1) is 12.7. The van der Waals surface area contributed by atoms with Gasteiger partial charge in [0, 0.05) is 0 Å². The third-order valence-electron chi connectivity index (χ3n) is 1.79. The second-order valence-corrected chi connectivity index (χ2v) is 4.50. The van der Waals surface area contributed by atoms with E-state index in [1.807, 2.05) is 0 Å². The second kappa shape index (κ2) is 5.13. The molecule has 0 saturated carbocycles. The molecule has 7 heteroatoms. The van der Waals surface area contributed by atoms with E-state index in [-0.39, 0.29) is 4.90 Å². The van der Waals surface area contributed by atoms with Gasteiger partial charge in [0.15, 0.2) is 0 Å². The standard InChI is InChI=1S/C9H9F2NO3S/c10-5-1-2-6(11)8(3-5)16(15)4-7(12)9(13)14/h1-3,7H,4,12H2,(H,13,14). The summed E-state index contributed by atoms with van der Waals surface area (Å²) in [6.07, 6.45) is 0. The number of aliphatic carboxylic acids is 1. The Labute approximate surface area is 92.5 Å². The Kier molecular flexibility index (Phi) is 4.08. The Morgan fingerprint density at radius 3 is 2.69 bits per heavy atom. The van der Waals surface area contributed by atoms with Crippen LogP contribution in [0.1, 0.15) is 0 Å². The minimum Gasteiger partial charge on any atom is -0.480 e. The molecule has 0 amide bonds. The molecule has 2 unspecified atom stereocenters. The minimum atomic E-state index is -1.98. The molecule has 0 radical (unpaired) electrons. The molecule has 1 aromatic carbocycles. The molecule has 0 bridgehead atoms. The van der Waals surface area contributed by atoms with Crippen LogP contribution in [-0.4, -0.2) is 27.1 Å². The van der Waals surface area contributed by atoms with Crippen LogP contribution in [0.15, 0.2) is 23.1 Å². The topological polar surface area (TPSA) is 80.4 Å². The maximum Gasteiger partial charge on any atom is 0.321 e. The highest BCUT2D eigenvalue weighted by molar-refractivity contribution is 7.85. The van der Waals surface area contributed by atoms with Gasteiger partial charge < -0.3 is 10.8 Å². The zero-order valence-corrected chi connectivity index (χ0v) is 8.84. The second-order valence-electron chi connectivity index (χ2n) is 3.03. The quantitative estimate of drug-likeness (QED) is 0.813. The zero-order valence-electron chi connectivity index (χ0n) is 8.02. The number of carboxylic acid groups (broad SMARTS) is 1. The van der Waals surface area contributed by atoms with E-state index in [2.05, 4.69) is 0 Å². The fourth-order valence-electron chi connectivity index (χ4n) is 0.976. The van der Waals surface area contributed by atoms with E-state index in [9.17, 15) is 17.8 Å². The summed E-state index contributed by atoms with van der Waals surface area (Å²) in [5.74, 6) is -3.40. The molecule has 4 nitrogen and oxygen atoms in total. The average molecular weight is 249 g/mol. The fourth-order valence-corrected chi connectivity index (χ4v) is 2.15. The van der Waals surface area contributed by atoms with E-state index in [1.165, 1.54) is 0 Å². The number of hydrogen-bond acceptors (Lipinski definition) is 3. The van der Waals surface area contributed by atoms with Gasteiger partial charge in [-0.1, -0.05) is 0 Å². The zero-order chi connectivity index (χ0) is 12.3. The van der Waals surface area contributed by atoms with E-state index in [0.717, 1.165) is 18.2 Å². The molecule has 0 heterocycles. The van der Waals surface area contributed by atoms with E-state index in [1.54, 1.807) is 0 Å². The Hall–Kier alpha value is -1.34. The molecule has 3 N–H and O–H groups in total. The molecule has 0 aromatic heterocycles. The highest BCUT2D eigenvalue weighted by atomic mass is 32.2. The van der Waals surface area contributed by atoms with E-state index in [0.29, 0.717) is 0 Å². The Balaban J connectivity index is 2.88. The van der Waals surface area contributed by atoms with Gasteiger partial charge in [-0.3, -0.25) is 9.00 Å². The Morgan fingerprint density at radius 2 is 2.12 bits per heavy atom. The molecule has 1 rings (SSSR count). The molecule has 0 fully saturated rings. The molecule has 88 valence electrons. The number of carbonyl (C=O) groups is 1. The van der Waals surface area contributed by atoms with E-state index < -0.39 is 40.2 Å². The van der Waals surface area contributed by atoms with E-state index in [4.69, 9.17) is 10.8 Å². The SMILES string of the molecule is NC(CS(=O)c1cc(F)ccc1F)C(=O)O. The number of hydrogen-bond donors (Lipinski definition) is 2. The number of halogens is 2. The van der Waals surface area contributed by atoms with Crippen molar-refractivity contribution in [3.05, 3.63) is 29.8 Å². The first-order chi connectivity index (χ1) is 7.41. The third-order valence-corrected chi connectivity index (χ3v) is 3.25. The van der Waals surface area contributed by atoms with Crippen LogP contribution in [0.5, 0.6) is 0 Å². The number of benzene rings is 1. The summed E-state index contributed by atoms with van der Waals surface area (Å²) in [7, 11) is -1.98. The van der Waals surface area contributed by atoms with Gasteiger partial charge in [-0.15, -0.1) is 0 Å². The summed E-state index contributed by atoms with van der Waals surface area (Å²) in [5.41, 5.74) is 5.13. The summed E-state index contributed by atoms with van der Waals surface area (Å²) in [5, 5.41) is 8.47. The first-order valence-corrected chi connectivity index (χ1v) is 5.55. The van der Waals surface area contributed by atoms with Crippen LogP contribution in [0.25, 0.3) is 0 Å². The minimum absolute atomic E-state index is 0.378. The number of nitrogens with two attached hydrogens (primary N) is 1. The van der Waals surface area contributed by atoms with Crippen molar-refractivity contribution in [3.63, 3.8) is 0 Å². The van der Waals surface area contributed by atoms with Crippen LogP contribution in [0.3, 0.4) is 0 Å². The molecular formula is C9H9F2NO3S. The molecule has 1 aromatic rings. The van der Waals surface area contributed by atoms with Crippen molar-refractivity contribution < 1.29 is 22.9 Å².